The lowest BCUT2D eigenvalue weighted by atomic mass is 10.2. The third kappa shape index (κ3) is 1.99. The summed E-state index contributed by atoms with van der Waals surface area (Å²) in [5.41, 5.74) is 0. The van der Waals surface area contributed by atoms with Crippen molar-refractivity contribution < 1.29 is 9.47 Å². The average molecular weight is 332 g/mol. The van der Waals surface area contributed by atoms with Gasteiger partial charge in [-0.1, -0.05) is 23.2 Å². The molecule has 2 nitrogen and oxygen atoms in total. The molecule has 1 heterocycles. The van der Waals surface area contributed by atoms with E-state index in [-0.39, 0.29) is 0 Å². The molecule has 0 unspecified atom stereocenters. The summed E-state index contributed by atoms with van der Waals surface area (Å²) < 4.78 is 12.1. The fourth-order valence-electron chi connectivity index (χ4n) is 1.55. The van der Waals surface area contributed by atoms with E-state index in [0.717, 1.165) is 4.47 Å². The highest BCUT2D eigenvalue weighted by Crippen LogP contribution is 2.48. The van der Waals surface area contributed by atoms with Crippen LogP contribution in [0.5, 0.6) is 23.0 Å². The number of hydrogen-bond donors (Lipinski definition) is 0. The quantitative estimate of drug-likeness (QED) is 0.529. The molecule has 1 aliphatic rings. The zero-order valence-electron chi connectivity index (χ0n) is 8.34. The van der Waals surface area contributed by atoms with Gasteiger partial charge in [-0.3, -0.25) is 0 Å². The van der Waals surface area contributed by atoms with Crippen LogP contribution in [0, 0.1) is 0 Å². The van der Waals surface area contributed by atoms with Gasteiger partial charge in [0.1, 0.15) is 0 Å². The molecule has 0 aromatic heterocycles. The predicted molar refractivity (Wildman–Crippen MR) is 70.8 cm³/mol. The van der Waals surface area contributed by atoms with Gasteiger partial charge in [0.15, 0.2) is 23.0 Å². The predicted octanol–water partition coefficient (Wildman–Crippen LogP) is 5.65. The molecular weight excluding hydrogens is 327 g/mol. The fraction of sp³-hybridized carbons (Fsp3) is 0. The first-order chi connectivity index (χ1) is 8.13. The van der Waals surface area contributed by atoms with E-state index < -0.39 is 0 Å². The van der Waals surface area contributed by atoms with Crippen LogP contribution in [-0.4, -0.2) is 0 Å². The van der Waals surface area contributed by atoms with Crippen LogP contribution >= 0.6 is 39.1 Å². The largest absolute Gasteiger partial charge is 0.449 e. The van der Waals surface area contributed by atoms with Crippen molar-refractivity contribution in [1.29, 1.82) is 0 Å². The van der Waals surface area contributed by atoms with E-state index in [2.05, 4.69) is 15.9 Å². The van der Waals surface area contributed by atoms with Gasteiger partial charge < -0.3 is 9.47 Å². The minimum Gasteiger partial charge on any atom is -0.449 e. The second kappa shape index (κ2) is 4.09. The van der Waals surface area contributed by atoms with Crippen molar-refractivity contribution in [2.24, 2.45) is 0 Å². The van der Waals surface area contributed by atoms with E-state index >= 15 is 0 Å². The molecule has 3 rings (SSSR count). The normalized spacial score (nSPS) is 12.2. The maximum absolute atomic E-state index is 5.99. The monoisotopic (exact) mass is 330 g/mol. The summed E-state index contributed by atoms with van der Waals surface area (Å²) in [7, 11) is 0. The van der Waals surface area contributed by atoms with E-state index in [9.17, 15) is 0 Å². The van der Waals surface area contributed by atoms with Crippen LogP contribution in [0.4, 0.5) is 0 Å². The smallest absolute Gasteiger partial charge is 0.171 e. The summed E-state index contributed by atoms with van der Waals surface area (Å²) >= 11 is 15.2. The minimum absolute atomic E-state index is 0.574. The minimum atomic E-state index is 0.574. The van der Waals surface area contributed by atoms with Crippen molar-refractivity contribution in [1.82, 2.24) is 0 Å². The van der Waals surface area contributed by atoms with Crippen molar-refractivity contribution in [2.45, 2.75) is 0 Å². The molecule has 86 valence electrons. The first kappa shape index (κ1) is 11.2. The average Bonchev–Trinajstić information content (AvgIpc) is 2.28. The number of fused-ring (bicyclic) bond motifs is 2. The molecule has 0 atom stereocenters. The van der Waals surface area contributed by atoms with Crippen LogP contribution in [0.15, 0.2) is 34.8 Å². The molecular formula is C12H5BrCl2O2. The number of hydrogen-bond acceptors (Lipinski definition) is 2. The van der Waals surface area contributed by atoms with Crippen LogP contribution in [0.3, 0.4) is 0 Å². The third-order valence-corrected chi connectivity index (χ3v) is 3.76. The van der Waals surface area contributed by atoms with Crippen LogP contribution in [0.2, 0.25) is 10.0 Å². The van der Waals surface area contributed by atoms with Gasteiger partial charge in [-0.2, -0.15) is 0 Å². The Hall–Kier alpha value is -0.900. The highest BCUT2D eigenvalue weighted by atomic mass is 79.9. The molecule has 0 N–H and O–H groups in total. The molecule has 2 aromatic rings. The van der Waals surface area contributed by atoms with E-state index in [1.54, 1.807) is 30.3 Å². The Morgan fingerprint density at radius 1 is 0.824 bits per heavy atom. The van der Waals surface area contributed by atoms with Crippen molar-refractivity contribution in [3.05, 3.63) is 44.8 Å². The number of benzene rings is 2. The van der Waals surface area contributed by atoms with Crippen LogP contribution < -0.4 is 9.47 Å². The third-order valence-electron chi connectivity index (χ3n) is 2.33. The van der Waals surface area contributed by atoms with Gasteiger partial charge in [0, 0.05) is 27.7 Å². The van der Waals surface area contributed by atoms with Gasteiger partial charge >= 0.3 is 0 Å². The topological polar surface area (TPSA) is 18.5 Å². The summed E-state index contributed by atoms with van der Waals surface area (Å²) in [6, 6.07) is 8.69. The Kier molecular flexibility index (Phi) is 2.69. The Labute approximate surface area is 116 Å². The number of rotatable bonds is 0. The maximum Gasteiger partial charge on any atom is 0.171 e. The molecule has 5 heteroatoms. The Bertz CT molecular complexity index is 614. The van der Waals surface area contributed by atoms with Crippen LogP contribution in [0.1, 0.15) is 0 Å². The zero-order valence-corrected chi connectivity index (χ0v) is 11.4. The first-order valence-corrected chi connectivity index (χ1v) is 6.33. The van der Waals surface area contributed by atoms with Gasteiger partial charge in [0.2, 0.25) is 0 Å². The first-order valence-electron chi connectivity index (χ1n) is 4.78. The molecule has 0 amide bonds. The van der Waals surface area contributed by atoms with E-state index in [1.165, 1.54) is 0 Å². The molecule has 0 saturated heterocycles. The van der Waals surface area contributed by atoms with Gasteiger partial charge in [-0.15, -0.1) is 0 Å². The van der Waals surface area contributed by atoms with Gasteiger partial charge in [0.05, 0.1) is 5.02 Å². The lowest BCUT2D eigenvalue weighted by molar-refractivity contribution is 0.359. The summed E-state index contributed by atoms with van der Waals surface area (Å²) in [4.78, 5) is 0. The van der Waals surface area contributed by atoms with Gasteiger partial charge in [0.25, 0.3) is 0 Å². The number of halogens is 3. The second-order valence-electron chi connectivity index (χ2n) is 3.51. The summed E-state index contributed by atoms with van der Waals surface area (Å²) in [5.74, 6) is 2.42. The summed E-state index contributed by atoms with van der Waals surface area (Å²) in [5, 5.41) is 1.17. The van der Waals surface area contributed by atoms with E-state index in [4.69, 9.17) is 32.7 Å². The second-order valence-corrected chi connectivity index (χ2v) is 5.21. The molecule has 0 spiro atoms. The fourth-order valence-corrected chi connectivity index (χ4v) is 2.19. The van der Waals surface area contributed by atoms with E-state index in [0.29, 0.717) is 33.0 Å². The highest BCUT2D eigenvalue weighted by molar-refractivity contribution is 9.10. The molecule has 17 heavy (non-hydrogen) atoms. The molecule has 0 fully saturated rings. The lowest BCUT2D eigenvalue weighted by Gasteiger charge is -2.21. The molecule has 0 saturated carbocycles. The van der Waals surface area contributed by atoms with Gasteiger partial charge in [-0.05, 0) is 28.1 Å². The Morgan fingerprint density at radius 3 is 2.29 bits per heavy atom. The molecule has 0 bridgehead atoms. The van der Waals surface area contributed by atoms with E-state index in [1.807, 2.05) is 0 Å². The zero-order chi connectivity index (χ0) is 12.0. The van der Waals surface area contributed by atoms with Crippen molar-refractivity contribution in [2.75, 3.05) is 0 Å². The molecule has 2 aromatic carbocycles. The molecule has 1 aliphatic heterocycles. The SMILES string of the molecule is Clc1ccc2c(c1)Oc1cc(Br)c(Cl)cc1O2. The highest BCUT2D eigenvalue weighted by Gasteiger charge is 2.20. The lowest BCUT2D eigenvalue weighted by Crippen LogP contribution is -1.98. The van der Waals surface area contributed by atoms with Crippen LogP contribution in [-0.2, 0) is 0 Å². The molecule has 0 radical (unpaired) electrons. The molecule has 0 aliphatic carbocycles. The number of ether oxygens (including phenoxy) is 2. The summed E-state index contributed by atoms with van der Waals surface area (Å²) in [6.45, 7) is 0. The Balaban J connectivity index is 2.11. The summed E-state index contributed by atoms with van der Waals surface area (Å²) in [6.07, 6.45) is 0. The maximum atomic E-state index is 5.99. The standard InChI is InChI=1S/C12H5BrCl2O2/c13-7-4-11-12(5-8(7)15)16-9-2-1-6(14)3-10(9)17-11/h1-5H. The van der Waals surface area contributed by atoms with Crippen LogP contribution in [0.25, 0.3) is 0 Å². The van der Waals surface area contributed by atoms with Gasteiger partial charge in [-0.25, -0.2) is 0 Å². The van der Waals surface area contributed by atoms with Crippen molar-refractivity contribution >= 4 is 39.1 Å². The van der Waals surface area contributed by atoms with Crippen molar-refractivity contribution in [3.8, 4) is 23.0 Å². The Morgan fingerprint density at radius 2 is 1.47 bits per heavy atom. The van der Waals surface area contributed by atoms with Crippen molar-refractivity contribution in [3.63, 3.8) is 0 Å².